The Morgan fingerprint density at radius 3 is 1.17 bits per heavy atom. The van der Waals surface area contributed by atoms with Crippen LogP contribution >= 0.6 is 69.9 Å². The number of nitrogens with zero attached hydrogens (tertiary/aromatic N) is 12. The van der Waals surface area contributed by atoms with Crippen molar-refractivity contribution in [2.24, 2.45) is 9.98 Å². The Bertz CT molecular complexity index is 2900. The Labute approximate surface area is 471 Å². The number of halogens is 4. The standard InChI is InChI=1S/2C23H24Cl2N6S.2C2H2O4.H2O/c2*1-32-13-12-29-8-10-30(11-9-29)23-28-27-21-15-26-22(17-4-2-3-5-19(17)25)18-14-16(24)6-7-20(18)31(21)23;2*3-1(4)2(5)6;/h2*2-7,14H,8-13,15H2,1H3;2*(H,3,4)(H,5,6);1H2. The molecule has 6 heterocycles. The van der Waals surface area contributed by atoms with Gasteiger partial charge in [0.2, 0.25) is 11.9 Å². The van der Waals surface area contributed by atoms with Crippen LogP contribution < -0.4 is 9.80 Å². The highest BCUT2D eigenvalue weighted by molar-refractivity contribution is 7.98. The van der Waals surface area contributed by atoms with E-state index in [1.165, 1.54) is 0 Å². The first kappa shape index (κ1) is 60.0. The fraction of sp³-hybridized carbons (Fsp3) is 0.320. The Kier molecular flexibility index (Phi) is 22.1. The molecule has 0 spiro atoms. The summed E-state index contributed by atoms with van der Waals surface area (Å²) in [5.41, 5.74) is 7.25. The molecule has 0 aliphatic carbocycles. The van der Waals surface area contributed by atoms with Gasteiger partial charge in [-0.3, -0.25) is 28.9 Å². The van der Waals surface area contributed by atoms with Crippen molar-refractivity contribution in [1.29, 1.82) is 0 Å². The van der Waals surface area contributed by atoms with Crippen LogP contribution in [0.15, 0.2) is 94.9 Å². The van der Waals surface area contributed by atoms with Gasteiger partial charge in [-0.2, -0.15) is 23.5 Å². The summed E-state index contributed by atoms with van der Waals surface area (Å²) in [6, 6.07) is 27.3. The van der Waals surface area contributed by atoms with Crippen molar-refractivity contribution >= 4 is 117 Å². The number of hydrogen-bond donors (Lipinski definition) is 4. The molecule has 4 aromatic carbocycles. The molecule has 4 aliphatic heterocycles. The number of carboxylic acid groups (broad SMARTS) is 4. The van der Waals surface area contributed by atoms with Crippen LogP contribution in [0.1, 0.15) is 33.9 Å². The molecule has 21 nitrogen and oxygen atoms in total. The Morgan fingerprint density at radius 2 is 0.844 bits per heavy atom. The molecule has 2 aromatic heterocycles. The topological polar surface area (TPSA) is 280 Å². The summed E-state index contributed by atoms with van der Waals surface area (Å²) >= 11 is 29.7. The maximum absolute atomic E-state index is 9.10. The minimum absolute atomic E-state index is 0. The van der Waals surface area contributed by atoms with E-state index in [1.54, 1.807) is 0 Å². The van der Waals surface area contributed by atoms with Gasteiger partial charge < -0.3 is 35.7 Å². The van der Waals surface area contributed by atoms with Gasteiger partial charge in [0.25, 0.3) is 0 Å². The van der Waals surface area contributed by atoms with Crippen LogP contribution in [-0.4, -0.2) is 190 Å². The number of aliphatic imine (C=N–C) groups is 2. The molecular formula is C50H54Cl4N12O9S2. The molecule has 408 valence electrons. The van der Waals surface area contributed by atoms with E-state index in [2.05, 4.69) is 61.6 Å². The molecule has 0 amide bonds. The largest absolute Gasteiger partial charge is 0.473 e. The van der Waals surface area contributed by atoms with Crippen molar-refractivity contribution in [3.63, 3.8) is 0 Å². The molecule has 4 aliphatic rings. The van der Waals surface area contributed by atoms with Gasteiger partial charge in [-0.05, 0) is 61.0 Å². The lowest BCUT2D eigenvalue weighted by molar-refractivity contribution is -0.159. The van der Waals surface area contributed by atoms with E-state index in [1.807, 2.05) is 108 Å². The van der Waals surface area contributed by atoms with Crippen LogP contribution in [0.5, 0.6) is 0 Å². The molecular weight excluding hydrogens is 1120 g/mol. The molecule has 2 fully saturated rings. The molecule has 0 radical (unpaired) electrons. The second-order valence-electron chi connectivity index (χ2n) is 17.0. The Balaban J connectivity index is 0.000000204. The second kappa shape index (κ2) is 28.4. The first-order chi connectivity index (χ1) is 36.6. The number of benzene rings is 4. The SMILES string of the molecule is CSCCN1CCN(c2nnc3n2-c2ccc(Cl)cc2C(c2ccccc2Cl)=NC3)CC1.CSCCN1CCN(c2nnc3n2-c2ccc(Cl)cc2C(c2ccccc2Cl)=NC3)CC1.O.O=C(O)C(=O)O.O=C(O)C(=O)O. The van der Waals surface area contributed by atoms with Crippen molar-refractivity contribution in [2.75, 3.05) is 99.3 Å². The first-order valence-electron chi connectivity index (χ1n) is 23.5. The summed E-state index contributed by atoms with van der Waals surface area (Å²) in [5, 5.41) is 50.4. The number of aliphatic carboxylic acids is 4. The van der Waals surface area contributed by atoms with Gasteiger partial charge in [0.05, 0.1) is 22.8 Å². The fourth-order valence-corrected chi connectivity index (χ4v) is 10.2. The number of carbonyl (C=O) groups is 4. The normalized spacial score (nSPS) is 14.7. The lowest BCUT2D eigenvalue weighted by atomic mass is 10.0. The van der Waals surface area contributed by atoms with Gasteiger partial charge in [-0.1, -0.05) is 82.8 Å². The van der Waals surface area contributed by atoms with E-state index in [4.69, 9.17) is 96.0 Å². The van der Waals surface area contributed by atoms with E-state index in [9.17, 15) is 0 Å². The summed E-state index contributed by atoms with van der Waals surface area (Å²) < 4.78 is 4.27. The van der Waals surface area contributed by atoms with Crippen molar-refractivity contribution in [3.8, 4) is 11.4 Å². The molecule has 77 heavy (non-hydrogen) atoms. The fourth-order valence-electron chi connectivity index (χ4n) is 8.53. The van der Waals surface area contributed by atoms with Crippen LogP contribution in [-0.2, 0) is 32.3 Å². The van der Waals surface area contributed by atoms with Crippen LogP contribution in [0.2, 0.25) is 20.1 Å². The third-order valence-corrected chi connectivity index (χ3v) is 14.6. The molecule has 0 bridgehead atoms. The summed E-state index contributed by atoms with van der Waals surface area (Å²) in [5.74, 6) is -1.61. The van der Waals surface area contributed by atoms with Crippen LogP contribution in [0.3, 0.4) is 0 Å². The second-order valence-corrected chi connectivity index (χ2v) is 20.6. The van der Waals surface area contributed by atoms with E-state index in [-0.39, 0.29) is 5.48 Å². The summed E-state index contributed by atoms with van der Waals surface area (Å²) in [4.78, 5) is 55.9. The number of carboxylic acids is 4. The van der Waals surface area contributed by atoms with Crippen LogP contribution in [0, 0.1) is 0 Å². The maximum atomic E-state index is 9.10. The van der Waals surface area contributed by atoms with E-state index in [0.29, 0.717) is 33.2 Å². The molecule has 0 atom stereocenters. The third kappa shape index (κ3) is 15.1. The van der Waals surface area contributed by atoms with Gasteiger partial charge in [-0.25, -0.2) is 19.2 Å². The van der Waals surface area contributed by atoms with Gasteiger partial charge in [-0.15, -0.1) is 20.4 Å². The van der Waals surface area contributed by atoms with Crippen molar-refractivity contribution in [3.05, 3.63) is 139 Å². The van der Waals surface area contributed by atoms with Crippen molar-refractivity contribution < 1.29 is 45.1 Å². The molecule has 2 saturated heterocycles. The number of anilines is 2. The zero-order chi connectivity index (χ0) is 54.5. The van der Waals surface area contributed by atoms with E-state index in [0.717, 1.165) is 146 Å². The maximum Gasteiger partial charge on any atom is 0.414 e. The Morgan fingerprint density at radius 1 is 0.494 bits per heavy atom. The smallest absolute Gasteiger partial charge is 0.414 e. The van der Waals surface area contributed by atoms with E-state index < -0.39 is 23.9 Å². The third-order valence-electron chi connectivity index (χ3n) is 12.2. The zero-order valence-corrected chi connectivity index (χ0v) is 46.3. The summed E-state index contributed by atoms with van der Waals surface area (Å²) in [7, 11) is 0. The molecule has 6 N–H and O–H groups in total. The minimum atomic E-state index is -1.82. The average molecular weight is 1170 g/mol. The highest BCUT2D eigenvalue weighted by Gasteiger charge is 2.30. The summed E-state index contributed by atoms with van der Waals surface area (Å²) in [6.45, 7) is 10.9. The molecule has 0 unspecified atom stereocenters. The molecule has 6 aromatic rings. The van der Waals surface area contributed by atoms with Crippen LogP contribution in [0.4, 0.5) is 11.9 Å². The predicted molar refractivity (Wildman–Crippen MR) is 303 cm³/mol. The number of aromatic nitrogens is 6. The molecule has 10 rings (SSSR count). The lowest BCUT2D eigenvalue weighted by Crippen LogP contribution is -2.47. The van der Waals surface area contributed by atoms with Gasteiger partial charge in [0.1, 0.15) is 13.1 Å². The zero-order valence-electron chi connectivity index (χ0n) is 41.6. The first-order valence-corrected chi connectivity index (χ1v) is 27.8. The highest BCUT2D eigenvalue weighted by Crippen LogP contribution is 2.35. The molecule has 0 saturated carbocycles. The summed E-state index contributed by atoms with van der Waals surface area (Å²) in [6.07, 6.45) is 4.31. The molecule has 27 heteroatoms. The number of piperazine rings is 2. The van der Waals surface area contributed by atoms with Gasteiger partial charge in [0.15, 0.2) is 11.6 Å². The highest BCUT2D eigenvalue weighted by atomic mass is 35.5. The van der Waals surface area contributed by atoms with Gasteiger partial charge in [0, 0.05) is 119 Å². The lowest BCUT2D eigenvalue weighted by Gasteiger charge is -2.35. The van der Waals surface area contributed by atoms with Crippen LogP contribution in [0.25, 0.3) is 11.4 Å². The average Bonchev–Trinajstić information content (AvgIpc) is 3.98. The van der Waals surface area contributed by atoms with E-state index >= 15 is 0 Å². The van der Waals surface area contributed by atoms with Gasteiger partial charge >= 0.3 is 23.9 Å². The number of rotatable bonds is 10. The van der Waals surface area contributed by atoms with Crippen molar-refractivity contribution in [1.82, 2.24) is 39.3 Å². The van der Waals surface area contributed by atoms with Crippen molar-refractivity contribution in [2.45, 2.75) is 13.1 Å². The quantitative estimate of drug-likeness (QED) is 0.109. The Hall–Kier alpha value is -6.28. The number of thioether (sulfide) groups is 2. The predicted octanol–water partition coefficient (Wildman–Crippen LogP) is 6.31. The number of fused-ring (bicyclic) bond motifs is 6. The minimum Gasteiger partial charge on any atom is -0.473 e. The number of hydrogen-bond acceptors (Lipinski definition) is 16. The monoisotopic (exact) mass is 1170 g/mol.